The van der Waals surface area contributed by atoms with Crippen molar-refractivity contribution in [3.8, 4) is 5.75 Å². The number of nitrogens with one attached hydrogen (secondary N) is 1. The minimum atomic E-state index is -0.685. The van der Waals surface area contributed by atoms with Crippen LogP contribution in [-0.4, -0.2) is 9.71 Å². The lowest BCUT2D eigenvalue weighted by Gasteiger charge is -2.08. The van der Waals surface area contributed by atoms with Gasteiger partial charge >= 0.3 is 5.69 Å². The number of rotatable bonds is 2. The molecule has 7 heteroatoms. The molecule has 0 fully saturated rings. The molecular weight excluding hydrogens is 272 g/mol. The van der Waals surface area contributed by atoms with Crippen LogP contribution in [0.5, 0.6) is 5.75 Å². The third-order valence-corrected chi connectivity index (χ3v) is 2.96. The Morgan fingerprint density at radius 1 is 0.952 bits per heavy atom. The Morgan fingerprint density at radius 2 is 1.62 bits per heavy atom. The predicted molar refractivity (Wildman–Crippen MR) is 80.1 cm³/mol. The molecule has 3 rings (SSSR count). The van der Waals surface area contributed by atoms with Crippen LogP contribution in [-0.2, 0) is 0 Å². The molecule has 5 N–H and O–H groups in total. The molecule has 0 spiro atoms. The minimum absolute atomic E-state index is 0.305. The molecular formula is C14H12N4O3. The Kier molecular flexibility index (Phi) is 2.87. The SMILES string of the molecule is Nc1ccc(On2c(=O)[nH]c3cc(N)ccc3c2=O)cc1. The van der Waals surface area contributed by atoms with Crippen LogP contribution in [0.3, 0.4) is 0 Å². The average Bonchev–Trinajstić information content (AvgIpc) is 2.45. The first-order chi connectivity index (χ1) is 10.0. The largest absolute Gasteiger partial charge is 0.399 e. The number of hydrogen-bond donors (Lipinski definition) is 3. The number of aromatic amines is 1. The number of benzene rings is 2. The van der Waals surface area contributed by atoms with Crippen molar-refractivity contribution in [2.75, 3.05) is 11.5 Å². The van der Waals surface area contributed by atoms with E-state index in [1.165, 1.54) is 12.1 Å². The molecule has 0 aliphatic rings. The molecule has 0 saturated carbocycles. The maximum atomic E-state index is 12.3. The lowest BCUT2D eigenvalue weighted by molar-refractivity contribution is 0.192. The summed E-state index contributed by atoms with van der Waals surface area (Å²) in [5, 5.41) is 0.305. The maximum Gasteiger partial charge on any atom is 0.362 e. The molecule has 0 saturated heterocycles. The number of H-pyrrole nitrogens is 1. The summed E-state index contributed by atoms with van der Waals surface area (Å²) in [6, 6.07) is 11.0. The van der Waals surface area contributed by atoms with E-state index in [2.05, 4.69) is 4.98 Å². The first kappa shape index (κ1) is 12.8. The summed E-state index contributed by atoms with van der Waals surface area (Å²) < 4.78 is 0.657. The van der Waals surface area contributed by atoms with Crippen molar-refractivity contribution in [1.82, 2.24) is 9.71 Å². The van der Waals surface area contributed by atoms with E-state index in [9.17, 15) is 9.59 Å². The highest BCUT2D eigenvalue weighted by molar-refractivity contribution is 5.80. The second-order valence-corrected chi connectivity index (χ2v) is 4.50. The molecule has 2 aromatic carbocycles. The number of nitrogens with zero attached hydrogens (tertiary/aromatic N) is 1. The molecule has 7 nitrogen and oxygen atoms in total. The number of aromatic nitrogens is 2. The molecule has 0 radical (unpaired) electrons. The van der Waals surface area contributed by atoms with Crippen LogP contribution in [0.1, 0.15) is 0 Å². The third-order valence-electron chi connectivity index (χ3n) is 2.96. The number of nitrogen functional groups attached to an aromatic ring is 2. The fourth-order valence-electron chi connectivity index (χ4n) is 1.94. The molecule has 1 aromatic heterocycles. The van der Waals surface area contributed by atoms with Crippen molar-refractivity contribution in [2.45, 2.75) is 0 Å². The normalized spacial score (nSPS) is 10.7. The van der Waals surface area contributed by atoms with E-state index in [4.69, 9.17) is 16.3 Å². The topological polar surface area (TPSA) is 116 Å². The first-order valence-electron chi connectivity index (χ1n) is 6.13. The molecule has 0 atom stereocenters. The monoisotopic (exact) mass is 284 g/mol. The summed E-state index contributed by atoms with van der Waals surface area (Å²) in [6.07, 6.45) is 0. The van der Waals surface area contributed by atoms with Crippen LogP contribution >= 0.6 is 0 Å². The zero-order chi connectivity index (χ0) is 15.0. The summed E-state index contributed by atoms with van der Waals surface area (Å²) in [7, 11) is 0. The van der Waals surface area contributed by atoms with Crippen LogP contribution < -0.4 is 27.6 Å². The van der Waals surface area contributed by atoms with Gasteiger partial charge in [0.05, 0.1) is 10.9 Å². The van der Waals surface area contributed by atoms with Gasteiger partial charge in [-0.15, -0.1) is 0 Å². The van der Waals surface area contributed by atoms with Crippen LogP contribution in [0.15, 0.2) is 52.1 Å². The lowest BCUT2D eigenvalue weighted by Crippen LogP contribution is -2.38. The van der Waals surface area contributed by atoms with Gasteiger partial charge in [-0.2, -0.15) is 0 Å². The van der Waals surface area contributed by atoms with Gasteiger partial charge in [0.15, 0.2) is 5.75 Å². The van der Waals surface area contributed by atoms with Crippen molar-refractivity contribution in [3.63, 3.8) is 0 Å². The van der Waals surface area contributed by atoms with E-state index >= 15 is 0 Å². The predicted octanol–water partition coefficient (Wildman–Crippen LogP) is 0.696. The molecule has 0 aliphatic heterocycles. The summed E-state index contributed by atoms with van der Waals surface area (Å²) in [5.74, 6) is 0.326. The number of anilines is 2. The number of hydrogen-bond acceptors (Lipinski definition) is 5. The molecule has 1 heterocycles. The fourth-order valence-corrected chi connectivity index (χ4v) is 1.94. The van der Waals surface area contributed by atoms with E-state index in [1.54, 1.807) is 30.3 Å². The first-order valence-corrected chi connectivity index (χ1v) is 6.13. The van der Waals surface area contributed by atoms with E-state index in [-0.39, 0.29) is 0 Å². The zero-order valence-electron chi connectivity index (χ0n) is 10.9. The van der Waals surface area contributed by atoms with Crippen molar-refractivity contribution >= 4 is 22.3 Å². The summed E-state index contributed by atoms with van der Waals surface area (Å²) in [6.45, 7) is 0. The Balaban J connectivity index is 2.14. The standard InChI is InChI=1S/C14H12N4O3/c15-8-1-4-10(5-2-8)21-18-13(19)11-6-3-9(16)7-12(11)17-14(18)20/h1-7H,15-16H2,(H,17,20). The van der Waals surface area contributed by atoms with Crippen molar-refractivity contribution < 1.29 is 4.84 Å². The maximum absolute atomic E-state index is 12.3. The highest BCUT2D eigenvalue weighted by atomic mass is 16.7. The molecule has 0 bridgehead atoms. The Morgan fingerprint density at radius 3 is 2.33 bits per heavy atom. The van der Waals surface area contributed by atoms with E-state index in [0.717, 1.165) is 0 Å². The highest BCUT2D eigenvalue weighted by Crippen LogP contribution is 2.13. The lowest BCUT2D eigenvalue weighted by atomic mass is 10.2. The van der Waals surface area contributed by atoms with Crippen molar-refractivity contribution in [3.05, 3.63) is 63.3 Å². The number of fused-ring (bicyclic) bond motifs is 1. The molecule has 21 heavy (non-hydrogen) atoms. The van der Waals surface area contributed by atoms with E-state index < -0.39 is 11.2 Å². The summed E-state index contributed by atoms with van der Waals surface area (Å²) in [4.78, 5) is 32.1. The second-order valence-electron chi connectivity index (χ2n) is 4.50. The zero-order valence-corrected chi connectivity index (χ0v) is 10.9. The minimum Gasteiger partial charge on any atom is -0.399 e. The second kappa shape index (κ2) is 4.71. The van der Waals surface area contributed by atoms with Gasteiger partial charge in [0, 0.05) is 11.4 Å². The van der Waals surface area contributed by atoms with Crippen LogP contribution in [0.2, 0.25) is 0 Å². The Labute approximate surface area is 118 Å². The van der Waals surface area contributed by atoms with Gasteiger partial charge in [-0.05, 0) is 42.5 Å². The summed E-state index contributed by atoms with van der Waals surface area (Å²) >= 11 is 0. The smallest absolute Gasteiger partial charge is 0.362 e. The average molecular weight is 284 g/mol. The van der Waals surface area contributed by atoms with Crippen molar-refractivity contribution in [1.29, 1.82) is 0 Å². The molecule has 0 aliphatic carbocycles. The van der Waals surface area contributed by atoms with Crippen LogP contribution in [0, 0.1) is 0 Å². The van der Waals surface area contributed by atoms with Gasteiger partial charge in [-0.25, -0.2) is 4.79 Å². The van der Waals surface area contributed by atoms with Crippen LogP contribution in [0.25, 0.3) is 10.9 Å². The van der Waals surface area contributed by atoms with Gasteiger partial charge in [0.1, 0.15) is 0 Å². The van der Waals surface area contributed by atoms with Gasteiger partial charge < -0.3 is 21.3 Å². The highest BCUT2D eigenvalue weighted by Gasteiger charge is 2.09. The fraction of sp³-hybridized carbons (Fsp3) is 0. The Bertz CT molecular complexity index is 926. The van der Waals surface area contributed by atoms with Gasteiger partial charge in [0.25, 0.3) is 5.56 Å². The van der Waals surface area contributed by atoms with Crippen molar-refractivity contribution in [2.24, 2.45) is 0 Å². The molecule has 3 aromatic rings. The van der Waals surface area contributed by atoms with Gasteiger partial charge in [-0.1, -0.05) is 4.73 Å². The summed E-state index contributed by atoms with van der Waals surface area (Å²) in [5.41, 5.74) is 11.3. The number of nitrogens with two attached hydrogens (primary N) is 2. The van der Waals surface area contributed by atoms with Gasteiger partial charge in [-0.3, -0.25) is 4.79 Å². The quantitative estimate of drug-likeness (QED) is 0.599. The Hall–Kier alpha value is -3.22. The van der Waals surface area contributed by atoms with E-state index in [0.29, 0.717) is 32.8 Å². The van der Waals surface area contributed by atoms with Gasteiger partial charge in [0.2, 0.25) is 0 Å². The van der Waals surface area contributed by atoms with E-state index in [1.807, 2.05) is 0 Å². The van der Waals surface area contributed by atoms with Crippen LogP contribution in [0.4, 0.5) is 11.4 Å². The molecule has 0 unspecified atom stereocenters. The molecule has 0 amide bonds. The molecule has 106 valence electrons. The third kappa shape index (κ3) is 2.32.